The summed E-state index contributed by atoms with van der Waals surface area (Å²) in [6.45, 7) is 1.75. The first-order chi connectivity index (χ1) is 8.56. The van der Waals surface area contributed by atoms with Crippen LogP contribution in [-0.4, -0.2) is 10.8 Å². The van der Waals surface area contributed by atoms with Crippen LogP contribution >= 0.6 is 0 Å². The second-order valence-corrected chi connectivity index (χ2v) is 4.16. The van der Waals surface area contributed by atoms with Crippen LogP contribution in [0.3, 0.4) is 0 Å². The van der Waals surface area contributed by atoms with Gasteiger partial charge in [0.1, 0.15) is 11.6 Å². The molecule has 0 saturated heterocycles. The maximum atomic E-state index is 13.2. The van der Waals surface area contributed by atoms with Gasteiger partial charge in [0, 0.05) is 23.7 Å². The Morgan fingerprint density at radius 2 is 2.17 bits per heavy atom. The molecule has 0 aliphatic carbocycles. The standard InChI is InChI=1S/C14H13FN2O/c1-9-5-11(7-12(15)6-9)13(18)8-10-3-2-4-17-14(10)16/h2-7H,8H2,1H3,(H2,16,17). The molecule has 2 aromatic rings. The van der Waals surface area contributed by atoms with Gasteiger partial charge in [-0.2, -0.15) is 0 Å². The Bertz CT molecular complexity index is 576. The van der Waals surface area contributed by atoms with E-state index in [0.29, 0.717) is 16.9 Å². The Hall–Kier alpha value is -2.23. The summed E-state index contributed by atoms with van der Waals surface area (Å²) in [5.74, 6) is -0.242. The molecule has 0 fully saturated rings. The average molecular weight is 244 g/mol. The molecule has 92 valence electrons. The van der Waals surface area contributed by atoms with Gasteiger partial charge in [-0.25, -0.2) is 9.37 Å². The lowest BCUT2D eigenvalue weighted by Crippen LogP contribution is -2.07. The number of hydrogen-bond acceptors (Lipinski definition) is 3. The number of hydrogen-bond donors (Lipinski definition) is 1. The van der Waals surface area contributed by atoms with Gasteiger partial charge in [-0.1, -0.05) is 6.07 Å². The topological polar surface area (TPSA) is 56.0 Å². The molecule has 2 N–H and O–H groups in total. The number of nitrogen functional groups attached to an aromatic ring is 1. The first-order valence-corrected chi connectivity index (χ1v) is 5.56. The minimum atomic E-state index is -0.405. The third kappa shape index (κ3) is 2.71. The monoisotopic (exact) mass is 244 g/mol. The molecule has 1 aromatic carbocycles. The molecule has 0 aliphatic rings. The summed E-state index contributed by atoms with van der Waals surface area (Å²) >= 11 is 0. The van der Waals surface area contributed by atoms with Crippen LogP contribution in [-0.2, 0) is 6.42 Å². The highest BCUT2D eigenvalue weighted by Gasteiger charge is 2.11. The number of benzene rings is 1. The number of nitrogens with two attached hydrogens (primary N) is 1. The van der Waals surface area contributed by atoms with Crippen LogP contribution in [0.2, 0.25) is 0 Å². The molecule has 0 saturated carbocycles. The maximum absolute atomic E-state index is 13.2. The number of rotatable bonds is 3. The van der Waals surface area contributed by atoms with E-state index in [1.165, 1.54) is 12.1 Å². The highest BCUT2D eigenvalue weighted by molar-refractivity contribution is 5.98. The quantitative estimate of drug-likeness (QED) is 0.844. The highest BCUT2D eigenvalue weighted by Crippen LogP contribution is 2.14. The minimum Gasteiger partial charge on any atom is -0.383 e. The van der Waals surface area contributed by atoms with E-state index in [1.54, 1.807) is 31.3 Å². The lowest BCUT2D eigenvalue weighted by molar-refractivity contribution is 0.0992. The van der Waals surface area contributed by atoms with E-state index in [2.05, 4.69) is 4.98 Å². The van der Waals surface area contributed by atoms with Gasteiger partial charge in [0.15, 0.2) is 5.78 Å². The first-order valence-electron chi connectivity index (χ1n) is 5.56. The molecule has 0 unspecified atom stereocenters. The average Bonchev–Trinajstić information content (AvgIpc) is 2.31. The molecule has 18 heavy (non-hydrogen) atoms. The number of carbonyl (C=O) groups excluding carboxylic acids is 1. The molecule has 0 atom stereocenters. The maximum Gasteiger partial charge on any atom is 0.167 e. The number of halogens is 1. The molecule has 0 radical (unpaired) electrons. The van der Waals surface area contributed by atoms with Gasteiger partial charge >= 0.3 is 0 Å². The molecule has 3 nitrogen and oxygen atoms in total. The van der Waals surface area contributed by atoms with E-state index in [1.807, 2.05) is 0 Å². The molecular weight excluding hydrogens is 231 g/mol. The second kappa shape index (κ2) is 4.96. The number of Topliss-reactive ketones (excluding diaryl/α,β-unsaturated/α-hetero) is 1. The summed E-state index contributed by atoms with van der Waals surface area (Å²) in [5.41, 5.74) is 7.40. The Morgan fingerprint density at radius 3 is 2.83 bits per heavy atom. The molecule has 1 heterocycles. The van der Waals surface area contributed by atoms with Crippen molar-refractivity contribution in [2.75, 3.05) is 5.73 Å². The molecule has 1 aromatic heterocycles. The molecule has 0 aliphatic heterocycles. The van der Waals surface area contributed by atoms with Crippen molar-refractivity contribution in [1.29, 1.82) is 0 Å². The van der Waals surface area contributed by atoms with Crippen LogP contribution in [0.5, 0.6) is 0 Å². The number of aryl methyl sites for hydroxylation is 1. The molecular formula is C14H13FN2O. The number of pyridine rings is 1. The van der Waals surface area contributed by atoms with Crippen LogP contribution in [0.15, 0.2) is 36.5 Å². The van der Waals surface area contributed by atoms with Gasteiger partial charge < -0.3 is 5.73 Å². The van der Waals surface area contributed by atoms with Crippen molar-refractivity contribution in [1.82, 2.24) is 4.98 Å². The van der Waals surface area contributed by atoms with E-state index in [-0.39, 0.29) is 12.2 Å². The van der Waals surface area contributed by atoms with Crippen molar-refractivity contribution in [3.05, 3.63) is 59.0 Å². The summed E-state index contributed by atoms with van der Waals surface area (Å²) in [6, 6.07) is 7.75. The van der Waals surface area contributed by atoms with Crippen LogP contribution < -0.4 is 5.73 Å². The van der Waals surface area contributed by atoms with E-state index >= 15 is 0 Å². The summed E-state index contributed by atoms with van der Waals surface area (Å²) in [4.78, 5) is 15.9. The van der Waals surface area contributed by atoms with Crippen LogP contribution in [0, 0.1) is 12.7 Å². The number of anilines is 1. The number of aromatic nitrogens is 1. The van der Waals surface area contributed by atoms with Crippen molar-refractivity contribution >= 4 is 11.6 Å². The van der Waals surface area contributed by atoms with Crippen LogP contribution in [0.4, 0.5) is 10.2 Å². The van der Waals surface area contributed by atoms with Gasteiger partial charge in [-0.15, -0.1) is 0 Å². The largest absolute Gasteiger partial charge is 0.383 e. The van der Waals surface area contributed by atoms with Crippen molar-refractivity contribution in [2.45, 2.75) is 13.3 Å². The van der Waals surface area contributed by atoms with E-state index in [4.69, 9.17) is 5.73 Å². The second-order valence-electron chi connectivity index (χ2n) is 4.16. The molecule has 0 bridgehead atoms. The number of ketones is 1. The summed E-state index contributed by atoms with van der Waals surface area (Å²) in [6.07, 6.45) is 1.69. The Balaban J connectivity index is 2.25. The van der Waals surface area contributed by atoms with Crippen LogP contribution in [0.25, 0.3) is 0 Å². The third-order valence-corrected chi connectivity index (χ3v) is 2.64. The zero-order valence-electron chi connectivity index (χ0n) is 9.98. The normalized spacial score (nSPS) is 10.3. The molecule has 4 heteroatoms. The third-order valence-electron chi connectivity index (χ3n) is 2.64. The predicted octanol–water partition coefficient (Wildman–Crippen LogP) is 2.54. The Labute approximate surface area is 104 Å². The van der Waals surface area contributed by atoms with Crippen molar-refractivity contribution < 1.29 is 9.18 Å². The summed E-state index contributed by atoms with van der Waals surface area (Å²) < 4.78 is 13.2. The number of carbonyl (C=O) groups is 1. The van der Waals surface area contributed by atoms with Crippen molar-refractivity contribution in [3.8, 4) is 0 Å². The smallest absolute Gasteiger partial charge is 0.167 e. The fourth-order valence-electron chi connectivity index (χ4n) is 1.77. The zero-order chi connectivity index (χ0) is 13.1. The highest BCUT2D eigenvalue weighted by atomic mass is 19.1. The van der Waals surface area contributed by atoms with Crippen molar-refractivity contribution in [2.24, 2.45) is 0 Å². The van der Waals surface area contributed by atoms with E-state index in [9.17, 15) is 9.18 Å². The lowest BCUT2D eigenvalue weighted by atomic mass is 10.0. The molecule has 0 spiro atoms. The zero-order valence-corrected chi connectivity index (χ0v) is 9.98. The Morgan fingerprint density at radius 1 is 1.39 bits per heavy atom. The van der Waals surface area contributed by atoms with Crippen LogP contribution in [0.1, 0.15) is 21.5 Å². The summed E-state index contributed by atoms with van der Waals surface area (Å²) in [5, 5.41) is 0. The Kier molecular flexibility index (Phi) is 3.37. The van der Waals surface area contributed by atoms with Gasteiger partial charge in [0.2, 0.25) is 0 Å². The summed E-state index contributed by atoms with van der Waals surface area (Å²) in [7, 11) is 0. The minimum absolute atomic E-state index is 0.128. The van der Waals surface area contributed by atoms with Crippen molar-refractivity contribution in [3.63, 3.8) is 0 Å². The lowest BCUT2D eigenvalue weighted by Gasteiger charge is -2.05. The van der Waals surface area contributed by atoms with Gasteiger partial charge in [-0.05, 0) is 36.8 Å². The van der Waals surface area contributed by atoms with Gasteiger partial charge in [0.05, 0.1) is 0 Å². The fraction of sp³-hybridized carbons (Fsp3) is 0.143. The molecule has 0 amide bonds. The fourth-order valence-corrected chi connectivity index (χ4v) is 1.77. The molecule has 2 rings (SSSR count). The van der Waals surface area contributed by atoms with Gasteiger partial charge in [0.25, 0.3) is 0 Å². The predicted molar refractivity (Wildman–Crippen MR) is 67.8 cm³/mol. The first kappa shape index (κ1) is 12.2. The van der Waals surface area contributed by atoms with Gasteiger partial charge in [-0.3, -0.25) is 4.79 Å². The number of nitrogens with zero attached hydrogens (tertiary/aromatic N) is 1. The SMILES string of the molecule is Cc1cc(F)cc(C(=O)Cc2cccnc2N)c1. The van der Waals surface area contributed by atoms with E-state index < -0.39 is 5.82 Å². The van der Waals surface area contributed by atoms with E-state index in [0.717, 1.165) is 5.56 Å².